The minimum Gasteiger partial charge on any atom is -0.547 e. The summed E-state index contributed by atoms with van der Waals surface area (Å²) < 4.78 is 0. The van der Waals surface area contributed by atoms with Crippen LogP contribution in [-0.4, -0.2) is 17.2 Å². The normalized spacial score (nSPS) is 12.9. The number of carbonyl (C=O) groups is 1. The van der Waals surface area contributed by atoms with Crippen LogP contribution >= 0.6 is 0 Å². The Morgan fingerprint density at radius 1 is 0.905 bits per heavy atom. The minimum absolute atomic E-state index is 0.153. The van der Waals surface area contributed by atoms with Crippen LogP contribution in [0.15, 0.2) is 12.2 Å². The summed E-state index contributed by atoms with van der Waals surface area (Å²) >= 11 is 0. The van der Waals surface area contributed by atoms with E-state index in [1.807, 2.05) is 6.08 Å². The molecule has 0 amide bonds. The number of unbranched alkanes of at least 4 members (excludes halogenated alkanes) is 11. The summed E-state index contributed by atoms with van der Waals surface area (Å²) in [6, 6.07) is 0. The first-order chi connectivity index (χ1) is 10.2. The van der Waals surface area contributed by atoms with Crippen LogP contribution in [0.2, 0.25) is 0 Å². The van der Waals surface area contributed by atoms with Crippen molar-refractivity contribution in [2.45, 2.75) is 96.5 Å². The highest BCUT2D eigenvalue weighted by molar-refractivity contribution is 5.69. The highest BCUT2D eigenvalue weighted by Gasteiger charge is 2.00. The number of carboxylic acids is 1. The van der Waals surface area contributed by atoms with Crippen LogP contribution in [0.3, 0.4) is 0 Å². The molecule has 0 aliphatic carbocycles. The third-order valence-electron chi connectivity index (χ3n) is 3.77. The third-order valence-corrected chi connectivity index (χ3v) is 3.77. The van der Waals surface area contributed by atoms with Gasteiger partial charge in [-0.3, -0.25) is 0 Å². The van der Waals surface area contributed by atoms with Gasteiger partial charge in [0.15, 0.2) is 0 Å². The van der Waals surface area contributed by atoms with Gasteiger partial charge in [-0.25, -0.2) is 0 Å². The van der Waals surface area contributed by atoms with Crippen molar-refractivity contribution in [2.24, 2.45) is 0 Å². The molecule has 21 heavy (non-hydrogen) atoms. The van der Waals surface area contributed by atoms with E-state index in [-0.39, 0.29) is 6.42 Å². The van der Waals surface area contributed by atoms with Crippen LogP contribution in [0.5, 0.6) is 0 Å². The number of carbonyl (C=O) groups excluding carboxylic acids is 1. The zero-order valence-corrected chi connectivity index (χ0v) is 13.7. The second-order valence-corrected chi connectivity index (χ2v) is 5.87. The molecule has 0 aliphatic rings. The molecule has 0 aromatic heterocycles. The van der Waals surface area contributed by atoms with Gasteiger partial charge in [-0.1, -0.05) is 83.3 Å². The van der Waals surface area contributed by atoms with E-state index in [1.54, 1.807) is 6.08 Å². The number of hydrogen-bond acceptors (Lipinski definition) is 3. The van der Waals surface area contributed by atoms with Crippen LogP contribution in [0.4, 0.5) is 0 Å². The van der Waals surface area contributed by atoms with Gasteiger partial charge in [0.2, 0.25) is 0 Å². The monoisotopic (exact) mass is 297 g/mol. The van der Waals surface area contributed by atoms with Crippen LogP contribution in [0.25, 0.3) is 0 Å². The SMILES string of the molecule is CCCCCCCCCCCCC/C=C/CC(O)C(=O)[O-]. The Morgan fingerprint density at radius 3 is 1.86 bits per heavy atom. The van der Waals surface area contributed by atoms with Gasteiger partial charge in [0.05, 0.1) is 12.1 Å². The van der Waals surface area contributed by atoms with Crippen molar-refractivity contribution in [1.29, 1.82) is 0 Å². The van der Waals surface area contributed by atoms with Gasteiger partial charge >= 0.3 is 0 Å². The molecule has 0 bridgehead atoms. The number of allylic oxidation sites excluding steroid dienone is 1. The maximum atomic E-state index is 10.3. The lowest BCUT2D eigenvalue weighted by Crippen LogP contribution is -2.34. The maximum absolute atomic E-state index is 10.3. The average Bonchev–Trinajstić information content (AvgIpc) is 2.47. The Morgan fingerprint density at radius 2 is 1.38 bits per heavy atom. The average molecular weight is 297 g/mol. The van der Waals surface area contributed by atoms with Crippen molar-refractivity contribution in [1.82, 2.24) is 0 Å². The van der Waals surface area contributed by atoms with Crippen LogP contribution in [0.1, 0.15) is 90.4 Å². The summed E-state index contributed by atoms with van der Waals surface area (Å²) in [4.78, 5) is 10.3. The highest BCUT2D eigenvalue weighted by Crippen LogP contribution is 2.12. The summed E-state index contributed by atoms with van der Waals surface area (Å²) in [6.07, 6.45) is 18.1. The molecule has 3 nitrogen and oxygen atoms in total. The summed E-state index contributed by atoms with van der Waals surface area (Å²) in [6.45, 7) is 2.25. The maximum Gasteiger partial charge on any atom is 0.0967 e. The van der Waals surface area contributed by atoms with Gasteiger partial charge in [0.25, 0.3) is 0 Å². The van der Waals surface area contributed by atoms with Crippen LogP contribution in [-0.2, 0) is 4.79 Å². The number of carboxylic acid groups (broad SMARTS) is 1. The first kappa shape index (κ1) is 20.2. The van der Waals surface area contributed by atoms with Crippen LogP contribution in [0, 0.1) is 0 Å². The Bertz CT molecular complexity index is 261. The second kappa shape index (κ2) is 15.6. The van der Waals surface area contributed by atoms with Gasteiger partial charge in [0.1, 0.15) is 0 Å². The molecule has 0 aromatic rings. The van der Waals surface area contributed by atoms with E-state index in [9.17, 15) is 9.90 Å². The number of rotatable bonds is 15. The molecule has 0 spiro atoms. The minimum atomic E-state index is -1.39. The number of aliphatic carboxylic acids is 1. The van der Waals surface area contributed by atoms with E-state index in [2.05, 4.69) is 6.92 Å². The molecule has 1 atom stereocenters. The number of aliphatic hydroxyl groups excluding tert-OH is 1. The molecule has 0 saturated carbocycles. The van der Waals surface area contributed by atoms with Crippen molar-refractivity contribution in [3.05, 3.63) is 12.2 Å². The van der Waals surface area contributed by atoms with Crippen molar-refractivity contribution < 1.29 is 15.0 Å². The molecule has 1 N–H and O–H groups in total. The molecule has 0 fully saturated rings. The number of aliphatic hydroxyl groups is 1. The molecule has 0 aromatic carbocycles. The highest BCUT2D eigenvalue weighted by atomic mass is 16.4. The fourth-order valence-corrected chi connectivity index (χ4v) is 2.37. The van der Waals surface area contributed by atoms with Crippen molar-refractivity contribution >= 4 is 5.97 Å². The van der Waals surface area contributed by atoms with Gasteiger partial charge < -0.3 is 15.0 Å². The topological polar surface area (TPSA) is 60.4 Å². The summed E-state index contributed by atoms with van der Waals surface area (Å²) in [7, 11) is 0. The molecular formula is C18H33O3-. The fraction of sp³-hybridized carbons (Fsp3) is 0.833. The van der Waals surface area contributed by atoms with E-state index < -0.39 is 12.1 Å². The zero-order chi connectivity index (χ0) is 15.8. The van der Waals surface area contributed by atoms with Crippen molar-refractivity contribution in [2.75, 3.05) is 0 Å². The van der Waals surface area contributed by atoms with Crippen LogP contribution < -0.4 is 5.11 Å². The summed E-state index contributed by atoms with van der Waals surface area (Å²) in [5.41, 5.74) is 0. The van der Waals surface area contributed by atoms with Gasteiger partial charge in [-0.15, -0.1) is 0 Å². The van der Waals surface area contributed by atoms with Gasteiger partial charge in [0, 0.05) is 0 Å². The van der Waals surface area contributed by atoms with E-state index >= 15 is 0 Å². The van der Waals surface area contributed by atoms with E-state index in [4.69, 9.17) is 5.11 Å². The van der Waals surface area contributed by atoms with Crippen molar-refractivity contribution in [3.8, 4) is 0 Å². The zero-order valence-electron chi connectivity index (χ0n) is 13.7. The molecule has 0 saturated heterocycles. The summed E-state index contributed by atoms with van der Waals surface area (Å²) in [5, 5.41) is 19.3. The molecular weight excluding hydrogens is 264 g/mol. The molecule has 1 unspecified atom stereocenters. The van der Waals surface area contributed by atoms with E-state index in [1.165, 1.54) is 64.2 Å². The molecule has 0 aliphatic heterocycles. The second-order valence-electron chi connectivity index (χ2n) is 5.87. The predicted molar refractivity (Wildman–Crippen MR) is 85.8 cm³/mol. The predicted octanol–water partition coefficient (Wildman–Crippen LogP) is 3.74. The van der Waals surface area contributed by atoms with Crippen molar-refractivity contribution in [3.63, 3.8) is 0 Å². The first-order valence-electron chi connectivity index (χ1n) is 8.72. The largest absolute Gasteiger partial charge is 0.547 e. The molecule has 0 radical (unpaired) electrons. The first-order valence-corrected chi connectivity index (χ1v) is 8.72. The van der Waals surface area contributed by atoms with Gasteiger partial charge in [-0.05, 0) is 19.3 Å². The standard InChI is InChI=1S/C18H34O3/c1-2-3-4-5-6-7-8-9-10-11-12-13-14-15-16-17(19)18(20)21/h14-15,17,19H,2-13,16H2,1H3,(H,20,21)/p-1/b15-14+. The lowest BCUT2D eigenvalue weighted by atomic mass is 10.1. The quantitative estimate of drug-likeness (QED) is 0.370. The Balaban J connectivity index is 3.15. The molecule has 3 heteroatoms. The Hall–Kier alpha value is -0.830. The molecule has 0 rings (SSSR count). The Labute approximate surface area is 130 Å². The number of hydrogen-bond donors (Lipinski definition) is 1. The molecule has 0 heterocycles. The van der Waals surface area contributed by atoms with E-state index in [0.717, 1.165) is 12.8 Å². The smallest absolute Gasteiger partial charge is 0.0967 e. The van der Waals surface area contributed by atoms with E-state index in [0.29, 0.717) is 0 Å². The Kier molecular flexibility index (Phi) is 14.9. The molecule has 124 valence electrons. The van der Waals surface area contributed by atoms with Gasteiger partial charge in [-0.2, -0.15) is 0 Å². The fourth-order valence-electron chi connectivity index (χ4n) is 2.37. The third kappa shape index (κ3) is 15.4. The lowest BCUT2D eigenvalue weighted by Gasteiger charge is -2.07. The summed E-state index contributed by atoms with van der Waals surface area (Å²) in [5.74, 6) is -1.39. The lowest BCUT2D eigenvalue weighted by molar-refractivity contribution is -0.314.